The maximum atomic E-state index is 11.2. The highest BCUT2D eigenvalue weighted by molar-refractivity contribution is 5.78. The van der Waals surface area contributed by atoms with Crippen LogP contribution >= 0.6 is 0 Å². The van der Waals surface area contributed by atoms with E-state index < -0.39 is 0 Å². The van der Waals surface area contributed by atoms with Crippen LogP contribution in [-0.2, 0) is 9.53 Å². The number of rotatable bonds is 2. The van der Waals surface area contributed by atoms with E-state index in [2.05, 4.69) is 0 Å². The summed E-state index contributed by atoms with van der Waals surface area (Å²) in [6.07, 6.45) is 1.03. The van der Waals surface area contributed by atoms with E-state index in [-0.39, 0.29) is 18.4 Å². The van der Waals surface area contributed by atoms with Crippen molar-refractivity contribution in [2.24, 2.45) is 0 Å². The summed E-state index contributed by atoms with van der Waals surface area (Å²) < 4.78 is 5.09. The Morgan fingerprint density at radius 2 is 2.58 bits per heavy atom. The molecule has 0 bridgehead atoms. The molecule has 0 aromatic carbocycles. The number of hydrogen-bond acceptors (Lipinski definition) is 3. The van der Waals surface area contributed by atoms with Gasteiger partial charge in [0, 0.05) is 20.2 Å². The fraction of sp³-hybridized carbons (Fsp3) is 0.750. The molecule has 12 heavy (non-hydrogen) atoms. The smallest absolute Gasteiger partial charge is 0.236 e. The molecule has 66 valence electrons. The van der Waals surface area contributed by atoms with E-state index in [1.54, 1.807) is 12.0 Å². The second kappa shape index (κ2) is 4.07. The van der Waals surface area contributed by atoms with E-state index in [0.717, 1.165) is 13.0 Å². The van der Waals surface area contributed by atoms with Gasteiger partial charge in [-0.3, -0.25) is 4.79 Å². The second-order valence-corrected chi connectivity index (χ2v) is 2.82. The molecule has 0 saturated carbocycles. The molecule has 1 atom stereocenters. The van der Waals surface area contributed by atoms with Crippen LogP contribution in [0.2, 0.25) is 0 Å². The summed E-state index contributed by atoms with van der Waals surface area (Å²) in [6.45, 7) is 1.36. The number of methoxy groups -OCH3 is 1. The molecule has 1 heterocycles. The molecule has 4 nitrogen and oxygen atoms in total. The SMILES string of the molecule is COC1CCN(C(=O)CC#N)C1. The largest absolute Gasteiger partial charge is 0.380 e. The molecule has 1 saturated heterocycles. The molecular weight excluding hydrogens is 156 g/mol. The Kier molecular flexibility index (Phi) is 3.06. The summed E-state index contributed by atoms with van der Waals surface area (Å²) in [5.41, 5.74) is 0. The lowest BCUT2D eigenvalue weighted by Gasteiger charge is -2.13. The van der Waals surface area contributed by atoms with Crippen LogP contribution in [0.15, 0.2) is 0 Å². The van der Waals surface area contributed by atoms with Crippen molar-refractivity contribution in [3.8, 4) is 6.07 Å². The number of carbonyl (C=O) groups is 1. The molecule has 0 N–H and O–H groups in total. The van der Waals surface area contributed by atoms with E-state index >= 15 is 0 Å². The first-order chi connectivity index (χ1) is 5.77. The third-order valence-electron chi connectivity index (χ3n) is 2.06. The van der Waals surface area contributed by atoms with Gasteiger partial charge in [0.05, 0.1) is 12.2 Å². The molecule has 4 heteroatoms. The van der Waals surface area contributed by atoms with Gasteiger partial charge in [0.15, 0.2) is 0 Å². The zero-order chi connectivity index (χ0) is 8.97. The zero-order valence-corrected chi connectivity index (χ0v) is 7.12. The molecule has 1 aliphatic rings. The highest BCUT2D eigenvalue weighted by Crippen LogP contribution is 2.12. The highest BCUT2D eigenvalue weighted by atomic mass is 16.5. The van der Waals surface area contributed by atoms with Crippen LogP contribution in [0.4, 0.5) is 0 Å². The number of carbonyl (C=O) groups excluding carboxylic acids is 1. The van der Waals surface area contributed by atoms with Gasteiger partial charge in [-0.2, -0.15) is 5.26 Å². The van der Waals surface area contributed by atoms with Crippen molar-refractivity contribution >= 4 is 5.91 Å². The maximum Gasteiger partial charge on any atom is 0.236 e. The summed E-state index contributed by atoms with van der Waals surface area (Å²) in [4.78, 5) is 12.8. The van der Waals surface area contributed by atoms with Crippen molar-refractivity contribution in [2.75, 3.05) is 20.2 Å². The van der Waals surface area contributed by atoms with Crippen molar-refractivity contribution in [3.63, 3.8) is 0 Å². The molecule has 1 rings (SSSR count). The molecular formula is C8H12N2O2. The molecule has 0 spiro atoms. The van der Waals surface area contributed by atoms with Gasteiger partial charge < -0.3 is 9.64 Å². The van der Waals surface area contributed by atoms with Gasteiger partial charge in [0.25, 0.3) is 0 Å². The minimum atomic E-state index is -0.0861. The van der Waals surface area contributed by atoms with Gasteiger partial charge in [0.2, 0.25) is 5.91 Å². The first kappa shape index (κ1) is 9.01. The molecule has 1 aliphatic heterocycles. The van der Waals surface area contributed by atoms with Gasteiger partial charge >= 0.3 is 0 Å². The zero-order valence-electron chi connectivity index (χ0n) is 7.12. The number of nitriles is 1. The van der Waals surface area contributed by atoms with E-state index in [1.165, 1.54) is 0 Å². The van der Waals surface area contributed by atoms with Crippen LogP contribution in [0.5, 0.6) is 0 Å². The van der Waals surface area contributed by atoms with Crippen molar-refractivity contribution in [3.05, 3.63) is 0 Å². The Morgan fingerprint density at radius 3 is 3.08 bits per heavy atom. The van der Waals surface area contributed by atoms with E-state index in [9.17, 15) is 4.79 Å². The second-order valence-electron chi connectivity index (χ2n) is 2.82. The Labute approximate surface area is 71.7 Å². The van der Waals surface area contributed by atoms with E-state index in [0.29, 0.717) is 6.54 Å². The predicted octanol–water partition coefficient (Wildman–Crippen LogP) is 0.147. The minimum Gasteiger partial charge on any atom is -0.380 e. The van der Waals surface area contributed by atoms with Crippen LogP contribution < -0.4 is 0 Å². The number of nitrogens with zero attached hydrogens (tertiary/aromatic N) is 2. The monoisotopic (exact) mass is 168 g/mol. The molecule has 0 aliphatic carbocycles. The molecule has 0 aromatic rings. The quantitative estimate of drug-likeness (QED) is 0.589. The first-order valence-corrected chi connectivity index (χ1v) is 3.95. The highest BCUT2D eigenvalue weighted by Gasteiger charge is 2.25. The number of likely N-dealkylation sites (tertiary alicyclic amines) is 1. The molecule has 1 amide bonds. The van der Waals surface area contributed by atoms with Crippen LogP contribution in [0.3, 0.4) is 0 Å². The number of ether oxygens (including phenoxy) is 1. The summed E-state index contributed by atoms with van der Waals surface area (Å²) in [5, 5.41) is 8.29. The Morgan fingerprint density at radius 1 is 1.83 bits per heavy atom. The minimum absolute atomic E-state index is 0.0174. The van der Waals surface area contributed by atoms with Crippen molar-refractivity contribution in [2.45, 2.75) is 18.9 Å². The number of hydrogen-bond donors (Lipinski definition) is 0. The summed E-state index contributed by atoms with van der Waals surface area (Å²) in [6, 6.07) is 1.85. The summed E-state index contributed by atoms with van der Waals surface area (Å²) >= 11 is 0. The Balaban J connectivity index is 2.37. The lowest BCUT2D eigenvalue weighted by molar-refractivity contribution is -0.129. The van der Waals surface area contributed by atoms with Gasteiger partial charge in [-0.05, 0) is 6.42 Å². The average Bonchev–Trinajstić information content (AvgIpc) is 2.52. The average molecular weight is 168 g/mol. The van der Waals surface area contributed by atoms with Crippen LogP contribution in [0.25, 0.3) is 0 Å². The Bertz CT molecular complexity index is 210. The van der Waals surface area contributed by atoms with Gasteiger partial charge in [-0.15, -0.1) is 0 Å². The summed E-state index contributed by atoms with van der Waals surface area (Å²) in [7, 11) is 1.64. The van der Waals surface area contributed by atoms with Gasteiger partial charge in [0.1, 0.15) is 6.42 Å². The lowest BCUT2D eigenvalue weighted by Crippen LogP contribution is -2.29. The van der Waals surface area contributed by atoms with Crippen LogP contribution in [0, 0.1) is 11.3 Å². The number of amides is 1. The summed E-state index contributed by atoms with van der Waals surface area (Å²) in [5.74, 6) is -0.0861. The molecule has 1 fully saturated rings. The van der Waals surface area contributed by atoms with Crippen molar-refractivity contribution < 1.29 is 9.53 Å². The predicted molar refractivity (Wildman–Crippen MR) is 42.2 cm³/mol. The van der Waals surface area contributed by atoms with Crippen molar-refractivity contribution in [1.82, 2.24) is 4.90 Å². The first-order valence-electron chi connectivity index (χ1n) is 3.95. The van der Waals surface area contributed by atoms with Crippen LogP contribution in [0.1, 0.15) is 12.8 Å². The fourth-order valence-electron chi connectivity index (χ4n) is 1.33. The standard InChI is InChI=1S/C8H12N2O2/c1-12-7-3-5-10(6-7)8(11)2-4-9/h7H,2-3,5-6H2,1H3. The Hall–Kier alpha value is -1.08. The van der Waals surface area contributed by atoms with E-state index in [1.807, 2.05) is 6.07 Å². The topological polar surface area (TPSA) is 53.3 Å². The fourth-order valence-corrected chi connectivity index (χ4v) is 1.33. The lowest BCUT2D eigenvalue weighted by atomic mass is 10.3. The third kappa shape index (κ3) is 1.95. The van der Waals surface area contributed by atoms with Crippen molar-refractivity contribution in [1.29, 1.82) is 5.26 Å². The van der Waals surface area contributed by atoms with Crippen LogP contribution in [-0.4, -0.2) is 37.1 Å². The maximum absolute atomic E-state index is 11.2. The normalized spacial score (nSPS) is 22.3. The third-order valence-corrected chi connectivity index (χ3v) is 2.06. The van der Waals surface area contributed by atoms with E-state index in [4.69, 9.17) is 10.00 Å². The molecule has 0 radical (unpaired) electrons. The molecule has 0 aromatic heterocycles. The van der Waals surface area contributed by atoms with Gasteiger partial charge in [-0.1, -0.05) is 0 Å². The molecule has 1 unspecified atom stereocenters. The van der Waals surface area contributed by atoms with Gasteiger partial charge in [-0.25, -0.2) is 0 Å².